The van der Waals surface area contributed by atoms with Crippen molar-refractivity contribution in [3.63, 3.8) is 0 Å². The molecular weight excluding hydrogens is 480 g/mol. The molecule has 0 bridgehead atoms. The van der Waals surface area contributed by atoms with Crippen LogP contribution >= 0.6 is 0 Å². The summed E-state index contributed by atoms with van der Waals surface area (Å²) in [6.45, 7) is 3.75. The molecule has 0 aliphatic carbocycles. The molecule has 1 atom stereocenters. The van der Waals surface area contributed by atoms with Crippen LogP contribution in [0.1, 0.15) is 36.9 Å². The van der Waals surface area contributed by atoms with Gasteiger partial charge in [0.05, 0.1) is 29.2 Å². The van der Waals surface area contributed by atoms with Crippen LogP contribution in [0.3, 0.4) is 0 Å². The van der Waals surface area contributed by atoms with Gasteiger partial charge < -0.3 is 9.84 Å². The molecule has 0 amide bonds. The van der Waals surface area contributed by atoms with Crippen molar-refractivity contribution < 1.29 is 27.9 Å². The Hall–Kier alpha value is -3.72. The first-order valence-corrected chi connectivity index (χ1v) is 13.1. The smallest absolute Gasteiger partial charge is 0.303 e. The van der Waals surface area contributed by atoms with Crippen LogP contribution in [0.25, 0.3) is 11.3 Å². The van der Waals surface area contributed by atoms with Gasteiger partial charge >= 0.3 is 5.97 Å². The summed E-state index contributed by atoms with van der Waals surface area (Å²) < 4.78 is 35.0. The molecule has 1 aromatic heterocycles. The maximum absolute atomic E-state index is 13.8. The Morgan fingerprint density at radius 2 is 1.81 bits per heavy atom. The Labute approximate surface area is 210 Å². The van der Waals surface area contributed by atoms with Gasteiger partial charge in [0.2, 0.25) is 0 Å². The molecule has 0 radical (unpaired) electrons. The zero-order valence-electron chi connectivity index (χ0n) is 20.2. The summed E-state index contributed by atoms with van der Waals surface area (Å²) in [6, 6.07) is 17.7. The van der Waals surface area contributed by atoms with Gasteiger partial charge in [-0.1, -0.05) is 18.2 Å². The molecule has 1 N–H and O–H groups in total. The van der Waals surface area contributed by atoms with Crippen LogP contribution < -0.4 is 9.04 Å². The summed E-state index contributed by atoms with van der Waals surface area (Å²) in [5.41, 5.74) is 3.55. The fourth-order valence-electron chi connectivity index (χ4n) is 4.15. The van der Waals surface area contributed by atoms with Crippen LogP contribution in [0.2, 0.25) is 0 Å². The van der Waals surface area contributed by atoms with E-state index in [2.05, 4.69) is 4.98 Å². The third-order valence-corrected chi connectivity index (χ3v) is 7.79. The fraction of sp³-hybridized carbons (Fsp3) is 0.296. The molecular formula is C27H28N2O6S. The number of rotatable bonds is 9. The number of hydrogen-bond acceptors (Lipinski definition) is 6. The van der Waals surface area contributed by atoms with Crippen molar-refractivity contribution in [2.45, 2.75) is 50.5 Å². The lowest BCUT2D eigenvalue weighted by Gasteiger charge is -2.36. The molecule has 0 saturated heterocycles. The second-order valence-electron chi connectivity index (χ2n) is 8.91. The van der Waals surface area contributed by atoms with Gasteiger partial charge in [0.25, 0.3) is 10.0 Å². The molecule has 1 aliphatic rings. The number of fused-ring (bicyclic) bond motifs is 1. The molecule has 0 unspecified atom stereocenters. The summed E-state index contributed by atoms with van der Waals surface area (Å²) in [4.78, 5) is 27.6. The van der Waals surface area contributed by atoms with Crippen LogP contribution in [-0.2, 0) is 19.6 Å². The molecule has 2 aromatic carbocycles. The van der Waals surface area contributed by atoms with Crippen molar-refractivity contribution in [1.82, 2.24) is 4.98 Å². The number of anilines is 1. The highest BCUT2D eigenvalue weighted by atomic mass is 32.2. The fourth-order valence-corrected chi connectivity index (χ4v) is 5.75. The molecule has 36 heavy (non-hydrogen) atoms. The van der Waals surface area contributed by atoms with E-state index in [9.17, 15) is 18.0 Å². The van der Waals surface area contributed by atoms with E-state index < -0.39 is 22.1 Å². The van der Waals surface area contributed by atoms with Gasteiger partial charge in [-0.25, -0.2) is 8.42 Å². The molecule has 4 rings (SSSR count). The Morgan fingerprint density at radius 3 is 2.53 bits per heavy atom. The van der Waals surface area contributed by atoms with Crippen LogP contribution in [-0.4, -0.2) is 42.9 Å². The number of hydrogen-bond donors (Lipinski definition) is 1. The first-order valence-electron chi connectivity index (χ1n) is 11.7. The van der Waals surface area contributed by atoms with E-state index >= 15 is 0 Å². The number of aliphatic carboxylic acids is 1. The lowest BCUT2D eigenvalue weighted by atomic mass is 10.0. The summed E-state index contributed by atoms with van der Waals surface area (Å²) in [5.74, 6) is -0.821. The Balaban J connectivity index is 1.68. The average Bonchev–Trinajstić information content (AvgIpc) is 2.85. The highest BCUT2D eigenvalue weighted by Crippen LogP contribution is 2.40. The van der Waals surface area contributed by atoms with Gasteiger partial charge in [-0.05, 0) is 68.3 Å². The average molecular weight is 509 g/mol. The van der Waals surface area contributed by atoms with Gasteiger partial charge in [0.1, 0.15) is 17.6 Å². The number of ether oxygens (including phenoxy) is 1. The summed E-state index contributed by atoms with van der Waals surface area (Å²) >= 11 is 0. The molecule has 188 valence electrons. The Morgan fingerprint density at radius 1 is 1.03 bits per heavy atom. The largest absolute Gasteiger partial charge is 0.486 e. The summed E-state index contributed by atoms with van der Waals surface area (Å²) in [6.07, 6.45) is -0.461. The maximum Gasteiger partial charge on any atom is 0.303 e. The summed E-state index contributed by atoms with van der Waals surface area (Å²) in [5, 5.41) is 8.81. The highest BCUT2D eigenvalue weighted by Gasteiger charge is 2.35. The second-order valence-corrected chi connectivity index (χ2v) is 10.8. The topological polar surface area (TPSA) is 114 Å². The molecule has 0 spiro atoms. The molecule has 9 heteroatoms. The van der Waals surface area contributed by atoms with Gasteiger partial charge in [-0.3, -0.25) is 18.9 Å². The van der Waals surface area contributed by atoms with Crippen LogP contribution in [0, 0.1) is 13.8 Å². The molecule has 1 aliphatic heterocycles. The number of pyridine rings is 1. The number of ketones is 1. The van der Waals surface area contributed by atoms with Gasteiger partial charge in [-0.2, -0.15) is 0 Å². The molecule has 8 nitrogen and oxygen atoms in total. The normalized spacial score (nSPS) is 15.2. The standard InChI is InChI=1S/C27H28N2O6S/c1-18-5-3-7-23(15-18)36(33,34)29-17-22(12-10-21(30)11-14-27(31)32)35-26-13-9-20(16-25(26)29)24-8-4-6-19(2)28-24/h3-9,13,15-16,22H,10-12,14,17H2,1-2H3,(H,31,32)/t22-/m0/s1. The predicted octanol–water partition coefficient (Wildman–Crippen LogP) is 4.54. The molecule has 2 heterocycles. The number of aromatic nitrogens is 1. The minimum absolute atomic E-state index is 0.0280. The van der Waals surface area contributed by atoms with Crippen molar-refractivity contribution in [1.29, 1.82) is 0 Å². The number of carbonyl (C=O) groups excluding carboxylic acids is 1. The van der Waals surface area contributed by atoms with Gasteiger partial charge in [0.15, 0.2) is 0 Å². The zero-order chi connectivity index (χ0) is 25.9. The SMILES string of the molecule is Cc1cccc(S(=O)(=O)N2C[C@H](CCC(=O)CCC(=O)O)Oc3ccc(-c4cccc(C)n4)cc32)c1. The van der Waals surface area contributed by atoms with E-state index in [1.54, 1.807) is 30.3 Å². The quantitative estimate of drug-likeness (QED) is 0.451. The van der Waals surface area contributed by atoms with Crippen molar-refractivity contribution in [3.05, 3.63) is 71.9 Å². The van der Waals surface area contributed by atoms with Crippen molar-refractivity contribution in [3.8, 4) is 17.0 Å². The third-order valence-electron chi connectivity index (χ3n) is 6.02. The number of Topliss-reactive ketones (excluding diaryl/α,β-unsaturated/α-hetero) is 1. The van der Waals surface area contributed by atoms with Crippen molar-refractivity contribution in [2.24, 2.45) is 0 Å². The molecule has 3 aromatic rings. The lowest BCUT2D eigenvalue weighted by molar-refractivity contribution is -0.138. The number of sulfonamides is 1. The van der Waals surface area contributed by atoms with E-state index in [0.29, 0.717) is 11.4 Å². The minimum Gasteiger partial charge on any atom is -0.486 e. The number of carboxylic acid groups (broad SMARTS) is 1. The van der Waals surface area contributed by atoms with Crippen molar-refractivity contribution >= 4 is 27.5 Å². The minimum atomic E-state index is -3.93. The van der Waals surface area contributed by atoms with Gasteiger partial charge in [0, 0.05) is 24.1 Å². The summed E-state index contributed by atoms with van der Waals surface area (Å²) in [7, 11) is -3.93. The van der Waals surface area contributed by atoms with E-state index in [0.717, 1.165) is 22.5 Å². The first kappa shape index (κ1) is 25.4. The van der Waals surface area contributed by atoms with E-state index in [4.69, 9.17) is 9.84 Å². The third kappa shape index (κ3) is 5.73. The highest BCUT2D eigenvalue weighted by molar-refractivity contribution is 7.92. The number of carbonyl (C=O) groups is 2. The van der Waals surface area contributed by atoms with Crippen LogP contribution in [0.5, 0.6) is 5.75 Å². The van der Waals surface area contributed by atoms with E-state index in [-0.39, 0.29) is 42.9 Å². The van der Waals surface area contributed by atoms with Crippen molar-refractivity contribution in [2.75, 3.05) is 10.8 Å². The predicted molar refractivity (Wildman–Crippen MR) is 136 cm³/mol. The number of carboxylic acids is 1. The number of nitrogens with zero attached hydrogens (tertiary/aromatic N) is 2. The number of benzene rings is 2. The van der Waals surface area contributed by atoms with E-state index in [1.807, 2.05) is 44.2 Å². The zero-order valence-corrected chi connectivity index (χ0v) is 21.0. The first-order chi connectivity index (χ1) is 17.1. The number of aryl methyl sites for hydroxylation is 2. The second kappa shape index (κ2) is 10.5. The Kier molecular flexibility index (Phi) is 7.40. The Bertz CT molecular complexity index is 1400. The lowest BCUT2D eigenvalue weighted by Crippen LogP contribution is -2.43. The van der Waals surface area contributed by atoms with Crippen LogP contribution in [0.15, 0.2) is 65.6 Å². The molecule has 0 fully saturated rings. The van der Waals surface area contributed by atoms with Crippen LogP contribution in [0.4, 0.5) is 5.69 Å². The molecule has 0 saturated carbocycles. The van der Waals surface area contributed by atoms with Gasteiger partial charge in [-0.15, -0.1) is 0 Å². The monoisotopic (exact) mass is 508 g/mol. The maximum atomic E-state index is 13.8. The van der Waals surface area contributed by atoms with E-state index in [1.165, 1.54) is 4.31 Å².